The van der Waals surface area contributed by atoms with E-state index in [-0.39, 0.29) is 11.8 Å². The standard InChI is InChI=1S/2C23H21F3N6O/c2*1-14-12-31(13-27-14)19-8-7-18(28-22(19)33-2)21-29-20-11-15(9-10-32(20)30-21)16-5-3-4-6-17(16)23(24,25)26/h2*3-8,12-13,15H,9-11H2,1-2H3/t2*15-/m10/s1. The van der Waals surface area contributed by atoms with Crippen LogP contribution in [0.25, 0.3) is 34.4 Å². The van der Waals surface area contributed by atoms with E-state index in [0.717, 1.165) is 34.9 Å². The highest BCUT2D eigenvalue weighted by atomic mass is 19.4. The van der Waals surface area contributed by atoms with Crippen molar-refractivity contribution in [3.05, 3.63) is 143 Å². The van der Waals surface area contributed by atoms with E-state index in [2.05, 4.69) is 40.1 Å². The molecule has 6 aromatic heterocycles. The normalized spacial score (nSPS) is 16.0. The van der Waals surface area contributed by atoms with Gasteiger partial charge in [0, 0.05) is 38.3 Å². The molecule has 0 bridgehead atoms. The molecule has 0 unspecified atom stereocenters. The van der Waals surface area contributed by atoms with Crippen LogP contribution in [0.4, 0.5) is 26.3 Å². The Morgan fingerprint density at radius 2 is 0.955 bits per heavy atom. The van der Waals surface area contributed by atoms with Crippen LogP contribution >= 0.6 is 0 Å². The van der Waals surface area contributed by atoms with Crippen LogP contribution in [-0.2, 0) is 38.3 Å². The maximum absolute atomic E-state index is 13.5. The zero-order valence-electron chi connectivity index (χ0n) is 36.1. The number of hydrogen-bond donors (Lipinski definition) is 0. The average Bonchev–Trinajstić information content (AvgIpc) is 4.14. The summed E-state index contributed by atoms with van der Waals surface area (Å²) in [4.78, 5) is 26.8. The summed E-state index contributed by atoms with van der Waals surface area (Å²) < 4.78 is 99.0. The van der Waals surface area contributed by atoms with Gasteiger partial charge < -0.3 is 18.6 Å². The predicted octanol–water partition coefficient (Wildman–Crippen LogP) is 9.18. The van der Waals surface area contributed by atoms with Gasteiger partial charge in [0.2, 0.25) is 11.8 Å². The summed E-state index contributed by atoms with van der Waals surface area (Å²) in [6.07, 6.45) is 0.190. The second-order valence-corrected chi connectivity index (χ2v) is 16.0. The smallest absolute Gasteiger partial charge is 0.416 e. The number of pyridine rings is 2. The van der Waals surface area contributed by atoms with E-state index in [9.17, 15) is 26.3 Å². The molecule has 10 rings (SSSR count). The van der Waals surface area contributed by atoms with Crippen LogP contribution in [0.5, 0.6) is 11.8 Å². The number of alkyl halides is 6. The van der Waals surface area contributed by atoms with E-state index in [0.29, 0.717) is 96.3 Å². The molecule has 2 atom stereocenters. The molecule has 0 fully saturated rings. The van der Waals surface area contributed by atoms with E-state index >= 15 is 0 Å². The third-order valence-electron chi connectivity index (χ3n) is 11.7. The molecule has 0 aliphatic carbocycles. The Balaban J connectivity index is 0.000000166. The highest BCUT2D eigenvalue weighted by molar-refractivity contribution is 5.57. The minimum absolute atomic E-state index is 0.276. The molecule has 0 saturated heterocycles. The van der Waals surface area contributed by atoms with Crippen LogP contribution in [0.3, 0.4) is 0 Å². The van der Waals surface area contributed by atoms with Gasteiger partial charge in [0.15, 0.2) is 11.6 Å². The number of aromatic nitrogens is 12. The fraction of sp³-hybridized carbons (Fsp3) is 0.304. The first-order valence-electron chi connectivity index (χ1n) is 21.0. The zero-order valence-corrected chi connectivity index (χ0v) is 36.1. The van der Waals surface area contributed by atoms with Gasteiger partial charge in [-0.1, -0.05) is 36.4 Å². The van der Waals surface area contributed by atoms with Crippen LogP contribution < -0.4 is 9.47 Å². The molecule has 2 aliphatic rings. The Morgan fingerprint density at radius 3 is 1.32 bits per heavy atom. The molecule has 14 nitrogen and oxygen atoms in total. The lowest BCUT2D eigenvalue weighted by atomic mass is 9.87. The minimum atomic E-state index is -4.39. The number of nitrogens with zero attached hydrogens (tertiary/aromatic N) is 12. The van der Waals surface area contributed by atoms with Crippen LogP contribution in [0.15, 0.2) is 97.8 Å². The number of rotatable bonds is 8. The maximum atomic E-state index is 13.5. The van der Waals surface area contributed by atoms with Gasteiger partial charge >= 0.3 is 12.4 Å². The Bertz CT molecular complexity index is 2820. The molecule has 0 radical (unpaired) electrons. The van der Waals surface area contributed by atoms with Crippen molar-refractivity contribution in [2.45, 2.75) is 76.8 Å². The van der Waals surface area contributed by atoms with Gasteiger partial charge in [-0.3, -0.25) is 0 Å². The van der Waals surface area contributed by atoms with Gasteiger partial charge in [-0.15, -0.1) is 10.2 Å². The highest BCUT2D eigenvalue weighted by Crippen LogP contribution is 2.41. The van der Waals surface area contributed by atoms with E-state index in [1.54, 1.807) is 58.4 Å². The van der Waals surface area contributed by atoms with Gasteiger partial charge in [0.25, 0.3) is 0 Å². The van der Waals surface area contributed by atoms with Crippen molar-refractivity contribution in [2.24, 2.45) is 0 Å². The first-order valence-corrected chi connectivity index (χ1v) is 21.0. The molecule has 0 amide bonds. The summed E-state index contributed by atoms with van der Waals surface area (Å²) in [5.41, 5.74) is 3.70. The van der Waals surface area contributed by atoms with Gasteiger partial charge in [-0.25, -0.2) is 39.3 Å². The van der Waals surface area contributed by atoms with E-state index in [1.807, 2.05) is 47.5 Å². The molecule has 20 heteroatoms. The molecular formula is C46H42F6N12O2. The maximum Gasteiger partial charge on any atom is 0.416 e. The van der Waals surface area contributed by atoms with Gasteiger partial charge in [0.05, 0.1) is 49.4 Å². The van der Waals surface area contributed by atoms with Crippen LogP contribution in [0, 0.1) is 13.8 Å². The largest absolute Gasteiger partial charge is 0.479 e. The number of methoxy groups -OCH3 is 2. The Hall–Kier alpha value is -7.38. The van der Waals surface area contributed by atoms with Crippen molar-refractivity contribution in [1.82, 2.24) is 58.6 Å². The lowest BCUT2D eigenvalue weighted by Crippen LogP contribution is -2.21. The number of imidazole rings is 2. The van der Waals surface area contributed by atoms with Crippen molar-refractivity contribution >= 4 is 0 Å². The third kappa shape index (κ3) is 8.86. The topological polar surface area (TPSA) is 141 Å². The minimum Gasteiger partial charge on any atom is -0.479 e. The van der Waals surface area contributed by atoms with Crippen molar-refractivity contribution in [3.63, 3.8) is 0 Å². The summed E-state index contributed by atoms with van der Waals surface area (Å²) in [6, 6.07) is 18.8. The summed E-state index contributed by atoms with van der Waals surface area (Å²) in [6.45, 7) is 4.76. The molecular weight excluding hydrogens is 867 g/mol. The first kappa shape index (κ1) is 43.9. The number of aryl methyl sites for hydroxylation is 4. The van der Waals surface area contributed by atoms with Gasteiger partial charge in [-0.05, 0) is 86.1 Å². The molecule has 8 aromatic rings. The molecule has 0 spiro atoms. The molecule has 340 valence electrons. The number of fused-ring (bicyclic) bond motifs is 2. The SMILES string of the molecule is COc1nc(-c2nc3n(n2)CC[C@@H](c2ccccc2C(F)(F)F)C3)ccc1-n1cnc(C)c1.COc1nc(-c2nc3n(n2)CC[C@H](c2ccccc2C(F)(F)F)C3)ccc1-n1cnc(C)c1. The van der Waals surface area contributed by atoms with Gasteiger partial charge in [-0.2, -0.15) is 26.3 Å². The Labute approximate surface area is 374 Å². The monoisotopic (exact) mass is 908 g/mol. The van der Waals surface area contributed by atoms with Crippen molar-refractivity contribution in [2.75, 3.05) is 14.2 Å². The van der Waals surface area contributed by atoms with Crippen LogP contribution in [0.2, 0.25) is 0 Å². The summed E-state index contributed by atoms with van der Waals surface area (Å²) in [5, 5.41) is 9.10. The Morgan fingerprint density at radius 1 is 0.545 bits per heavy atom. The number of halogens is 6. The molecule has 0 N–H and O–H groups in total. The lowest BCUT2D eigenvalue weighted by Gasteiger charge is -2.25. The summed E-state index contributed by atoms with van der Waals surface area (Å²) in [7, 11) is 3.07. The number of ether oxygens (including phenoxy) is 2. The van der Waals surface area contributed by atoms with E-state index < -0.39 is 23.5 Å². The number of hydrogen-bond acceptors (Lipinski definition) is 10. The third-order valence-corrected chi connectivity index (χ3v) is 11.7. The van der Waals surface area contributed by atoms with E-state index in [4.69, 9.17) is 9.47 Å². The molecule has 66 heavy (non-hydrogen) atoms. The molecule has 8 heterocycles. The fourth-order valence-corrected chi connectivity index (χ4v) is 8.49. The van der Waals surface area contributed by atoms with Crippen molar-refractivity contribution < 1.29 is 35.8 Å². The summed E-state index contributed by atoms with van der Waals surface area (Å²) >= 11 is 0. The second kappa shape index (κ2) is 17.5. The molecule has 2 aliphatic heterocycles. The predicted molar refractivity (Wildman–Crippen MR) is 228 cm³/mol. The van der Waals surface area contributed by atoms with Crippen LogP contribution in [0.1, 0.15) is 70.0 Å². The fourth-order valence-electron chi connectivity index (χ4n) is 8.49. The van der Waals surface area contributed by atoms with Crippen molar-refractivity contribution in [1.29, 1.82) is 0 Å². The first-order chi connectivity index (χ1) is 31.7. The summed E-state index contributed by atoms with van der Waals surface area (Å²) in [5.74, 6) is 2.37. The van der Waals surface area contributed by atoms with Gasteiger partial charge in [0.1, 0.15) is 34.4 Å². The second-order valence-electron chi connectivity index (χ2n) is 16.0. The average molecular weight is 909 g/mol. The lowest BCUT2D eigenvalue weighted by molar-refractivity contribution is -0.139. The van der Waals surface area contributed by atoms with Crippen LogP contribution in [-0.4, -0.2) is 72.8 Å². The Kier molecular flexibility index (Phi) is 11.7. The molecule has 0 saturated carbocycles. The highest BCUT2D eigenvalue weighted by Gasteiger charge is 2.38. The zero-order chi connectivity index (χ0) is 46.3. The number of benzene rings is 2. The molecule has 2 aromatic carbocycles. The van der Waals surface area contributed by atoms with E-state index in [1.165, 1.54) is 26.4 Å². The quantitative estimate of drug-likeness (QED) is 0.136. The van der Waals surface area contributed by atoms with Crippen molar-refractivity contribution in [3.8, 4) is 46.2 Å².